The van der Waals surface area contributed by atoms with E-state index < -0.39 is 22.9 Å². The lowest BCUT2D eigenvalue weighted by atomic mass is 10.0. The molecule has 0 radical (unpaired) electrons. The number of amides is 3. The fourth-order valence-electron chi connectivity index (χ4n) is 4.80. The third kappa shape index (κ3) is 8.32. The molecule has 1 aliphatic rings. The average Bonchev–Trinajstić information content (AvgIpc) is 3.39. The minimum Gasteiger partial charge on any atom is -0.493 e. The minimum atomic E-state index is -0.633. The Balaban J connectivity index is 1.47. The number of anilines is 2. The van der Waals surface area contributed by atoms with Gasteiger partial charge in [0.05, 0.1) is 38.7 Å². The highest BCUT2D eigenvalue weighted by Crippen LogP contribution is 2.39. The van der Waals surface area contributed by atoms with Crippen molar-refractivity contribution < 1.29 is 38.1 Å². The quantitative estimate of drug-likeness (QED) is 0.181. The van der Waals surface area contributed by atoms with Gasteiger partial charge in [-0.3, -0.25) is 9.59 Å². The maximum atomic E-state index is 13.6. The van der Waals surface area contributed by atoms with Gasteiger partial charge in [-0.1, -0.05) is 13.0 Å². The highest BCUT2D eigenvalue weighted by molar-refractivity contribution is 8.00. The van der Waals surface area contributed by atoms with Crippen LogP contribution in [0.1, 0.15) is 65.3 Å². The zero-order chi connectivity index (χ0) is 33.6. The Kier molecular flexibility index (Phi) is 11.2. The van der Waals surface area contributed by atoms with Crippen LogP contribution in [0.25, 0.3) is 0 Å². The number of nitrogens with zero attached hydrogens (tertiary/aromatic N) is 1. The number of benzene rings is 2. The zero-order valence-corrected chi connectivity index (χ0v) is 28.6. The standard InChI is InChI=1S/C33H39N3O8S2/c1-8-25(45-21-11-9-10-20(17-21)34-28(37)19-12-13-23(41-5)24(16-19)42-6)29(38)35-30-27(31(39)43-7)22-14-15-36(18-26(22)46-30)32(40)44-33(2,3)4/h9-13,16-17,25H,8,14-15,18H2,1-7H3,(H,34,37)(H,35,38). The van der Waals surface area contributed by atoms with Crippen molar-refractivity contribution in [3.8, 4) is 11.5 Å². The van der Waals surface area contributed by atoms with Crippen LogP contribution >= 0.6 is 23.1 Å². The SMILES string of the molecule is CCC(Sc1cccc(NC(=O)c2ccc(OC)c(OC)c2)c1)C(=O)Nc1sc2c(c1C(=O)OC)CCN(C(=O)OC(C)(C)C)C2. The number of fused-ring (bicyclic) bond motifs is 1. The van der Waals surface area contributed by atoms with Crippen molar-refractivity contribution in [1.29, 1.82) is 0 Å². The first-order valence-electron chi connectivity index (χ1n) is 14.7. The predicted octanol–water partition coefficient (Wildman–Crippen LogP) is 6.61. The van der Waals surface area contributed by atoms with Crippen molar-refractivity contribution in [3.05, 3.63) is 64.0 Å². The highest BCUT2D eigenvalue weighted by atomic mass is 32.2. The first-order chi connectivity index (χ1) is 21.9. The van der Waals surface area contributed by atoms with E-state index in [2.05, 4.69) is 10.6 Å². The number of carbonyl (C=O) groups excluding carboxylic acids is 4. The molecule has 2 N–H and O–H groups in total. The Morgan fingerprint density at radius 1 is 1.00 bits per heavy atom. The number of rotatable bonds is 10. The molecule has 2 heterocycles. The molecule has 0 fully saturated rings. The number of hydrogen-bond acceptors (Lipinski definition) is 10. The number of methoxy groups -OCH3 is 3. The summed E-state index contributed by atoms with van der Waals surface area (Å²) in [6, 6.07) is 12.1. The Morgan fingerprint density at radius 2 is 1.74 bits per heavy atom. The van der Waals surface area contributed by atoms with E-state index in [4.69, 9.17) is 18.9 Å². The molecule has 1 atom stereocenters. The Hall–Kier alpha value is -4.23. The molecule has 2 aromatic carbocycles. The summed E-state index contributed by atoms with van der Waals surface area (Å²) in [6.45, 7) is 7.97. The van der Waals surface area contributed by atoms with Crippen LogP contribution in [-0.4, -0.2) is 67.5 Å². The smallest absolute Gasteiger partial charge is 0.410 e. The molecule has 0 bridgehead atoms. The number of esters is 1. The second kappa shape index (κ2) is 14.9. The third-order valence-corrected chi connectivity index (χ3v) is 9.50. The van der Waals surface area contributed by atoms with Gasteiger partial charge in [-0.05, 0) is 75.6 Å². The van der Waals surface area contributed by atoms with Crippen molar-refractivity contribution in [1.82, 2.24) is 4.90 Å². The van der Waals surface area contributed by atoms with Crippen LogP contribution in [0.2, 0.25) is 0 Å². The predicted molar refractivity (Wildman–Crippen MR) is 179 cm³/mol. The number of ether oxygens (including phenoxy) is 4. The fraction of sp³-hybridized carbons (Fsp3) is 0.394. The van der Waals surface area contributed by atoms with E-state index in [-0.39, 0.29) is 18.4 Å². The lowest BCUT2D eigenvalue weighted by Crippen LogP contribution is -2.39. The Labute approximate surface area is 276 Å². The van der Waals surface area contributed by atoms with Gasteiger partial charge in [-0.2, -0.15) is 0 Å². The van der Waals surface area contributed by atoms with Crippen molar-refractivity contribution in [3.63, 3.8) is 0 Å². The molecule has 1 aromatic heterocycles. The third-order valence-electron chi connectivity index (χ3n) is 7.01. The molecule has 0 saturated heterocycles. The summed E-state index contributed by atoms with van der Waals surface area (Å²) in [5.74, 6) is -0.184. The molecule has 1 aliphatic heterocycles. The molecule has 46 heavy (non-hydrogen) atoms. The number of carbonyl (C=O) groups is 4. The van der Waals surface area contributed by atoms with E-state index in [1.54, 1.807) is 41.3 Å². The summed E-state index contributed by atoms with van der Waals surface area (Å²) < 4.78 is 21.1. The lowest BCUT2D eigenvalue weighted by molar-refractivity contribution is -0.115. The van der Waals surface area contributed by atoms with Gasteiger partial charge in [0.2, 0.25) is 5.91 Å². The number of hydrogen-bond donors (Lipinski definition) is 2. The maximum absolute atomic E-state index is 13.6. The molecule has 13 heteroatoms. The topological polar surface area (TPSA) is 132 Å². The van der Waals surface area contributed by atoms with Crippen molar-refractivity contribution in [2.45, 2.75) is 62.8 Å². The van der Waals surface area contributed by atoms with Gasteiger partial charge in [-0.15, -0.1) is 23.1 Å². The summed E-state index contributed by atoms with van der Waals surface area (Å²) in [7, 11) is 4.33. The Morgan fingerprint density at radius 3 is 2.39 bits per heavy atom. The van der Waals surface area contributed by atoms with Crippen LogP contribution in [0.4, 0.5) is 15.5 Å². The van der Waals surface area contributed by atoms with Gasteiger partial charge in [-0.25, -0.2) is 9.59 Å². The molecular weight excluding hydrogens is 631 g/mol. The second-order valence-electron chi connectivity index (χ2n) is 11.4. The molecule has 0 saturated carbocycles. The molecular formula is C33H39N3O8S2. The summed E-state index contributed by atoms with van der Waals surface area (Å²) in [5.41, 5.74) is 1.42. The number of thioether (sulfide) groups is 1. The van der Waals surface area contributed by atoms with Crippen molar-refractivity contribution in [2.75, 3.05) is 38.5 Å². The summed E-state index contributed by atoms with van der Waals surface area (Å²) in [6.07, 6.45) is 0.504. The first kappa shape index (κ1) is 34.6. The van der Waals surface area contributed by atoms with Gasteiger partial charge in [0.15, 0.2) is 11.5 Å². The molecule has 4 rings (SSSR count). The average molecular weight is 670 g/mol. The maximum Gasteiger partial charge on any atom is 0.410 e. The minimum absolute atomic E-state index is 0.266. The van der Waals surface area contributed by atoms with Gasteiger partial charge in [0, 0.05) is 27.6 Å². The molecule has 246 valence electrons. The molecule has 3 aromatic rings. The van der Waals surface area contributed by atoms with Crippen molar-refractivity contribution >= 4 is 57.7 Å². The van der Waals surface area contributed by atoms with Crippen LogP contribution in [-0.2, 0) is 27.2 Å². The summed E-state index contributed by atoms with van der Waals surface area (Å²) in [4.78, 5) is 55.2. The number of thiophene rings is 1. The summed E-state index contributed by atoms with van der Waals surface area (Å²) >= 11 is 2.61. The van der Waals surface area contributed by atoms with E-state index >= 15 is 0 Å². The van der Waals surface area contributed by atoms with Gasteiger partial charge in [0.25, 0.3) is 5.91 Å². The van der Waals surface area contributed by atoms with Crippen LogP contribution in [0.15, 0.2) is 47.4 Å². The normalized spacial score (nSPS) is 13.2. The van der Waals surface area contributed by atoms with E-state index in [9.17, 15) is 19.2 Å². The van der Waals surface area contributed by atoms with E-state index in [0.29, 0.717) is 52.7 Å². The van der Waals surface area contributed by atoms with E-state index in [0.717, 1.165) is 15.3 Å². The largest absolute Gasteiger partial charge is 0.493 e. The van der Waals surface area contributed by atoms with Crippen LogP contribution in [0.3, 0.4) is 0 Å². The highest BCUT2D eigenvalue weighted by Gasteiger charge is 2.33. The van der Waals surface area contributed by atoms with Crippen molar-refractivity contribution in [2.24, 2.45) is 0 Å². The number of nitrogens with one attached hydrogen (secondary N) is 2. The second-order valence-corrected chi connectivity index (χ2v) is 13.8. The first-order valence-corrected chi connectivity index (χ1v) is 16.4. The van der Waals surface area contributed by atoms with Gasteiger partial charge in [0.1, 0.15) is 10.6 Å². The van der Waals surface area contributed by atoms with Crippen LogP contribution in [0, 0.1) is 0 Å². The molecule has 3 amide bonds. The van der Waals surface area contributed by atoms with Gasteiger partial charge < -0.3 is 34.5 Å². The van der Waals surface area contributed by atoms with Crippen LogP contribution in [0.5, 0.6) is 11.5 Å². The lowest BCUT2D eigenvalue weighted by Gasteiger charge is -2.30. The van der Waals surface area contributed by atoms with Crippen LogP contribution < -0.4 is 20.1 Å². The zero-order valence-electron chi connectivity index (χ0n) is 27.0. The molecule has 1 unspecified atom stereocenters. The monoisotopic (exact) mass is 669 g/mol. The van der Waals surface area contributed by atoms with Gasteiger partial charge >= 0.3 is 12.1 Å². The summed E-state index contributed by atoms with van der Waals surface area (Å²) in [5, 5.41) is 5.74. The van der Waals surface area contributed by atoms with E-state index in [1.807, 2.05) is 33.8 Å². The molecule has 0 aliphatic carbocycles. The van der Waals surface area contributed by atoms with E-state index in [1.165, 1.54) is 44.4 Å². The Bertz CT molecular complexity index is 1610. The molecule has 0 spiro atoms. The fourth-order valence-corrected chi connectivity index (χ4v) is 7.07. The molecule has 11 nitrogen and oxygen atoms in total.